The van der Waals surface area contributed by atoms with Crippen molar-refractivity contribution in [1.82, 2.24) is 0 Å². The number of thioether (sulfide) groups is 1. The number of benzene rings is 1. The van der Waals surface area contributed by atoms with E-state index < -0.39 is 11.7 Å². The first-order valence-corrected chi connectivity index (χ1v) is 7.40. The fourth-order valence-corrected chi connectivity index (χ4v) is 2.04. The van der Waals surface area contributed by atoms with Gasteiger partial charge in [-0.2, -0.15) is 24.9 Å². The molecule has 2 N–H and O–H groups in total. The second kappa shape index (κ2) is 7.65. The van der Waals surface area contributed by atoms with Gasteiger partial charge in [0.25, 0.3) is 0 Å². The third kappa shape index (κ3) is 5.32. The molecule has 6 heteroatoms. The van der Waals surface area contributed by atoms with E-state index in [1.54, 1.807) is 17.8 Å². The smallest absolute Gasteiger partial charge is 0.419 e. The molecule has 0 amide bonds. The quantitative estimate of drug-likeness (QED) is 0.783. The van der Waals surface area contributed by atoms with Crippen LogP contribution in [-0.2, 0) is 12.6 Å². The van der Waals surface area contributed by atoms with Gasteiger partial charge >= 0.3 is 6.18 Å². The monoisotopic (exact) mass is 293 g/mol. The topological polar surface area (TPSA) is 35.2 Å². The minimum atomic E-state index is -4.40. The van der Waals surface area contributed by atoms with Crippen LogP contribution in [0, 0.1) is 0 Å². The highest BCUT2D eigenvalue weighted by Crippen LogP contribution is 2.37. The molecule has 0 heterocycles. The molecule has 0 aliphatic heterocycles. The number of ether oxygens (including phenoxy) is 1. The van der Waals surface area contributed by atoms with Gasteiger partial charge in [-0.25, -0.2) is 0 Å². The van der Waals surface area contributed by atoms with E-state index in [-0.39, 0.29) is 5.75 Å². The number of nitrogens with two attached hydrogens (primary N) is 1. The Morgan fingerprint density at radius 1 is 1.32 bits per heavy atom. The van der Waals surface area contributed by atoms with Crippen LogP contribution in [0.4, 0.5) is 13.2 Å². The third-order valence-corrected chi connectivity index (χ3v) is 3.23. The lowest BCUT2D eigenvalue weighted by Crippen LogP contribution is -2.11. The van der Waals surface area contributed by atoms with Crippen molar-refractivity contribution >= 4 is 11.8 Å². The largest absolute Gasteiger partial charge is 0.493 e. The van der Waals surface area contributed by atoms with Gasteiger partial charge < -0.3 is 10.5 Å². The molecule has 2 nitrogen and oxygen atoms in total. The Labute approximate surface area is 115 Å². The molecule has 108 valence electrons. The van der Waals surface area contributed by atoms with Gasteiger partial charge in [-0.15, -0.1) is 0 Å². The summed E-state index contributed by atoms with van der Waals surface area (Å²) in [5.74, 6) is 0.765. The molecule has 1 aromatic carbocycles. The fraction of sp³-hybridized carbons (Fsp3) is 0.538. The van der Waals surface area contributed by atoms with Crippen molar-refractivity contribution in [3.63, 3.8) is 0 Å². The highest BCUT2D eigenvalue weighted by Gasteiger charge is 2.34. The molecule has 19 heavy (non-hydrogen) atoms. The van der Waals surface area contributed by atoms with Crippen LogP contribution in [-0.4, -0.2) is 25.2 Å². The van der Waals surface area contributed by atoms with Crippen LogP contribution in [0.25, 0.3) is 0 Å². The molecule has 0 aromatic heterocycles. The van der Waals surface area contributed by atoms with E-state index in [4.69, 9.17) is 10.5 Å². The van der Waals surface area contributed by atoms with Gasteiger partial charge in [0.15, 0.2) is 0 Å². The van der Waals surface area contributed by atoms with Gasteiger partial charge in [-0.1, -0.05) is 6.07 Å². The van der Waals surface area contributed by atoms with Crippen molar-refractivity contribution in [2.45, 2.75) is 19.0 Å². The first-order chi connectivity index (χ1) is 8.99. The van der Waals surface area contributed by atoms with Crippen molar-refractivity contribution in [2.24, 2.45) is 5.73 Å². The Morgan fingerprint density at radius 3 is 2.63 bits per heavy atom. The number of rotatable bonds is 7. The second-order valence-corrected chi connectivity index (χ2v) is 5.05. The van der Waals surface area contributed by atoms with Gasteiger partial charge in [-0.3, -0.25) is 0 Å². The van der Waals surface area contributed by atoms with Gasteiger partial charge in [0.1, 0.15) is 5.75 Å². The van der Waals surface area contributed by atoms with Gasteiger partial charge in [0.05, 0.1) is 12.2 Å². The molecule has 0 bridgehead atoms. The maximum Gasteiger partial charge on any atom is 0.419 e. The first kappa shape index (κ1) is 16.2. The van der Waals surface area contributed by atoms with Crippen LogP contribution >= 0.6 is 11.8 Å². The Hall–Kier alpha value is -0.880. The van der Waals surface area contributed by atoms with E-state index in [2.05, 4.69) is 0 Å². The van der Waals surface area contributed by atoms with Gasteiger partial charge in [0.2, 0.25) is 0 Å². The van der Waals surface area contributed by atoms with Crippen LogP contribution in [0.15, 0.2) is 18.2 Å². The predicted octanol–water partition coefficient (Wildman–Crippen LogP) is 3.34. The van der Waals surface area contributed by atoms with Crippen molar-refractivity contribution < 1.29 is 17.9 Å². The minimum absolute atomic E-state index is 0.102. The summed E-state index contributed by atoms with van der Waals surface area (Å²) in [5, 5.41) is 0. The summed E-state index contributed by atoms with van der Waals surface area (Å²) in [5.41, 5.74) is 5.21. The fourth-order valence-electron chi connectivity index (χ4n) is 1.63. The van der Waals surface area contributed by atoms with E-state index in [1.807, 2.05) is 6.26 Å². The Kier molecular flexibility index (Phi) is 6.51. The molecular weight excluding hydrogens is 275 g/mol. The van der Waals surface area contributed by atoms with Gasteiger partial charge in [-0.05, 0) is 49.1 Å². The van der Waals surface area contributed by atoms with Crippen molar-refractivity contribution in [3.8, 4) is 5.75 Å². The lowest BCUT2D eigenvalue weighted by Gasteiger charge is -2.15. The van der Waals surface area contributed by atoms with E-state index in [0.717, 1.165) is 18.2 Å². The Morgan fingerprint density at radius 2 is 2.05 bits per heavy atom. The number of halogens is 3. The zero-order valence-corrected chi connectivity index (χ0v) is 11.6. The summed E-state index contributed by atoms with van der Waals surface area (Å²) in [4.78, 5) is 0. The molecule has 0 radical (unpaired) electrons. The summed E-state index contributed by atoms with van der Waals surface area (Å²) in [6.45, 7) is 0.616. The summed E-state index contributed by atoms with van der Waals surface area (Å²) in [7, 11) is 0. The maximum atomic E-state index is 12.9. The molecule has 1 rings (SSSR count). The van der Waals surface area contributed by atoms with Crippen LogP contribution in [0.1, 0.15) is 17.5 Å². The average Bonchev–Trinajstić information content (AvgIpc) is 2.35. The van der Waals surface area contributed by atoms with E-state index in [1.165, 1.54) is 6.07 Å². The van der Waals surface area contributed by atoms with E-state index >= 15 is 0 Å². The summed E-state index contributed by atoms with van der Waals surface area (Å²) >= 11 is 1.64. The molecule has 0 fully saturated rings. The van der Waals surface area contributed by atoms with Crippen LogP contribution in [0.2, 0.25) is 0 Å². The van der Waals surface area contributed by atoms with Crippen molar-refractivity contribution in [2.75, 3.05) is 25.2 Å². The molecule has 0 spiro atoms. The maximum absolute atomic E-state index is 12.9. The lowest BCUT2D eigenvalue weighted by atomic mass is 10.1. The van der Waals surface area contributed by atoms with Crippen molar-refractivity contribution in [1.29, 1.82) is 0 Å². The second-order valence-electron chi connectivity index (χ2n) is 4.06. The SMILES string of the molecule is CSCCCOc1ccc(CCN)cc1C(F)(F)F. The summed E-state index contributed by atoms with van der Waals surface area (Å²) in [6, 6.07) is 4.13. The zero-order chi connectivity index (χ0) is 14.3. The van der Waals surface area contributed by atoms with Crippen LogP contribution in [0.3, 0.4) is 0 Å². The molecule has 0 unspecified atom stereocenters. The zero-order valence-electron chi connectivity index (χ0n) is 10.8. The first-order valence-electron chi connectivity index (χ1n) is 6.01. The molecular formula is C13H18F3NOS. The molecule has 0 aliphatic carbocycles. The Balaban J connectivity index is 2.84. The van der Waals surface area contributed by atoms with E-state index in [9.17, 15) is 13.2 Å². The summed E-state index contributed by atoms with van der Waals surface area (Å²) < 4.78 is 44.0. The highest BCUT2D eigenvalue weighted by molar-refractivity contribution is 7.98. The molecule has 1 aromatic rings. The number of hydrogen-bond donors (Lipinski definition) is 1. The van der Waals surface area contributed by atoms with Gasteiger partial charge in [0, 0.05) is 0 Å². The number of hydrogen-bond acceptors (Lipinski definition) is 3. The van der Waals surface area contributed by atoms with Crippen LogP contribution < -0.4 is 10.5 Å². The number of alkyl halides is 3. The standard InChI is InChI=1S/C13H18F3NOS/c1-19-8-2-7-18-12-4-3-10(5-6-17)9-11(12)13(14,15)16/h3-4,9H,2,5-8,17H2,1H3. The highest BCUT2D eigenvalue weighted by atomic mass is 32.2. The summed E-state index contributed by atoms with van der Waals surface area (Å²) in [6.07, 6.45) is -1.30. The lowest BCUT2D eigenvalue weighted by molar-refractivity contribution is -0.139. The van der Waals surface area contributed by atoms with Crippen molar-refractivity contribution in [3.05, 3.63) is 29.3 Å². The predicted molar refractivity (Wildman–Crippen MR) is 72.7 cm³/mol. The molecule has 0 atom stereocenters. The van der Waals surface area contributed by atoms with Crippen LogP contribution in [0.5, 0.6) is 5.75 Å². The molecule has 0 saturated carbocycles. The molecule has 0 saturated heterocycles. The normalized spacial score (nSPS) is 11.6. The molecule has 0 aliphatic rings. The average molecular weight is 293 g/mol. The van der Waals surface area contributed by atoms with E-state index in [0.29, 0.717) is 25.1 Å². The Bertz CT molecular complexity index is 396. The third-order valence-electron chi connectivity index (χ3n) is 2.53. The minimum Gasteiger partial charge on any atom is -0.493 e.